The average molecular weight is 399 g/mol. The van der Waals surface area contributed by atoms with Crippen molar-refractivity contribution in [2.24, 2.45) is 0 Å². The van der Waals surface area contributed by atoms with Crippen molar-refractivity contribution in [1.29, 1.82) is 0 Å². The number of thiocarbonyl (C=S) groups is 1. The first-order valence-electron chi connectivity index (χ1n) is 8.20. The molecule has 0 N–H and O–H groups in total. The van der Waals surface area contributed by atoms with E-state index < -0.39 is 0 Å². The number of aromatic nitrogens is 1. The van der Waals surface area contributed by atoms with Gasteiger partial charge >= 0.3 is 0 Å². The Morgan fingerprint density at radius 1 is 1.19 bits per heavy atom. The molecule has 1 aliphatic heterocycles. The zero-order chi connectivity index (χ0) is 18.3. The van der Waals surface area contributed by atoms with Gasteiger partial charge in [0.1, 0.15) is 0 Å². The van der Waals surface area contributed by atoms with Crippen LogP contribution in [0.15, 0.2) is 59.6 Å². The first-order valence-corrected chi connectivity index (χ1v) is 9.80. The van der Waals surface area contributed by atoms with E-state index in [0.717, 1.165) is 23.0 Å². The highest BCUT2D eigenvalue weighted by Crippen LogP contribution is 2.37. The van der Waals surface area contributed by atoms with E-state index in [-0.39, 0.29) is 5.91 Å². The van der Waals surface area contributed by atoms with Crippen LogP contribution in [0.3, 0.4) is 0 Å². The summed E-state index contributed by atoms with van der Waals surface area (Å²) < 4.78 is 2.70. The van der Waals surface area contributed by atoms with Gasteiger partial charge < -0.3 is 4.57 Å². The number of hydrogen-bond acceptors (Lipinski definition) is 3. The second-order valence-corrected chi connectivity index (χ2v) is 8.00. The molecular weight excluding hydrogens is 384 g/mol. The van der Waals surface area contributed by atoms with Crippen molar-refractivity contribution in [3.8, 4) is 0 Å². The predicted molar refractivity (Wildman–Crippen MR) is 115 cm³/mol. The van der Waals surface area contributed by atoms with E-state index in [1.165, 1.54) is 16.7 Å². The van der Waals surface area contributed by atoms with Crippen LogP contribution in [-0.4, -0.2) is 14.8 Å². The molecule has 130 valence electrons. The fourth-order valence-electron chi connectivity index (χ4n) is 3.10. The summed E-state index contributed by atoms with van der Waals surface area (Å²) in [7, 11) is 0. The maximum atomic E-state index is 12.9. The Bertz CT molecular complexity index is 1070. The third kappa shape index (κ3) is 2.96. The van der Waals surface area contributed by atoms with Crippen LogP contribution in [0.25, 0.3) is 17.0 Å². The third-order valence-corrected chi connectivity index (χ3v) is 5.84. The summed E-state index contributed by atoms with van der Waals surface area (Å²) in [4.78, 5) is 15.1. The predicted octanol–water partition coefficient (Wildman–Crippen LogP) is 5.72. The number of anilines is 1. The number of nitrogens with zero attached hydrogens (tertiary/aromatic N) is 2. The summed E-state index contributed by atoms with van der Waals surface area (Å²) in [5.74, 6) is -0.115. The minimum atomic E-state index is -0.115. The molecule has 1 saturated heterocycles. The number of thioether (sulfide) groups is 1. The number of benzene rings is 2. The van der Waals surface area contributed by atoms with Crippen molar-refractivity contribution < 1.29 is 4.79 Å². The zero-order valence-electron chi connectivity index (χ0n) is 14.0. The van der Waals surface area contributed by atoms with Gasteiger partial charge in [0.15, 0.2) is 4.32 Å². The van der Waals surface area contributed by atoms with Crippen molar-refractivity contribution >= 4 is 68.5 Å². The Labute approximate surface area is 166 Å². The maximum Gasteiger partial charge on any atom is 0.270 e. The van der Waals surface area contributed by atoms with Crippen LogP contribution in [0.4, 0.5) is 5.69 Å². The van der Waals surface area contributed by atoms with Gasteiger partial charge in [0.25, 0.3) is 5.91 Å². The first kappa shape index (κ1) is 17.3. The molecule has 0 saturated carbocycles. The number of fused-ring (bicyclic) bond motifs is 1. The molecule has 6 heteroatoms. The standard InChI is InChI=1S/C20H15ClN2OS2/c1-2-22-12-13(16-8-3-4-9-17(16)22)10-18-19(24)23(20(25)26-18)15-7-5-6-14(21)11-15/h3-12H,2H2,1H3/b18-10+. The topological polar surface area (TPSA) is 25.2 Å². The van der Waals surface area contributed by atoms with Crippen molar-refractivity contribution in [1.82, 2.24) is 4.57 Å². The van der Waals surface area contributed by atoms with Crippen LogP contribution in [0, 0.1) is 0 Å². The highest BCUT2D eigenvalue weighted by atomic mass is 35.5. The monoisotopic (exact) mass is 398 g/mol. The molecule has 1 aliphatic rings. The maximum absolute atomic E-state index is 12.9. The Balaban J connectivity index is 1.76. The van der Waals surface area contributed by atoms with Gasteiger partial charge in [-0.15, -0.1) is 0 Å². The van der Waals surface area contributed by atoms with Gasteiger partial charge in [-0.05, 0) is 37.3 Å². The molecule has 0 spiro atoms. The smallest absolute Gasteiger partial charge is 0.270 e. The molecule has 3 aromatic rings. The highest BCUT2D eigenvalue weighted by Gasteiger charge is 2.33. The van der Waals surface area contributed by atoms with Gasteiger partial charge in [-0.1, -0.05) is 59.8 Å². The molecule has 0 bridgehead atoms. The minimum absolute atomic E-state index is 0.115. The SMILES string of the molecule is CCn1cc(/C=C2/SC(=S)N(c3cccc(Cl)c3)C2=O)c2ccccc21. The highest BCUT2D eigenvalue weighted by molar-refractivity contribution is 8.27. The van der Waals surface area contributed by atoms with Gasteiger partial charge in [0.2, 0.25) is 0 Å². The summed E-state index contributed by atoms with van der Waals surface area (Å²) in [5, 5.41) is 1.70. The summed E-state index contributed by atoms with van der Waals surface area (Å²) in [6.07, 6.45) is 4.01. The van der Waals surface area contributed by atoms with Crippen molar-refractivity contribution in [2.45, 2.75) is 13.5 Å². The van der Waals surface area contributed by atoms with E-state index in [0.29, 0.717) is 19.9 Å². The molecule has 1 amide bonds. The molecule has 3 nitrogen and oxygen atoms in total. The molecule has 2 heterocycles. The van der Waals surface area contributed by atoms with E-state index >= 15 is 0 Å². The summed E-state index contributed by atoms with van der Waals surface area (Å²) in [6, 6.07) is 15.4. The number of hydrogen-bond donors (Lipinski definition) is 0. The minimum Gasteiger partial charge on any atom is -0.347 e. The molecule has 1 aromatic heterocycles. The molecule has 0 radical (unpaired) electrons. The second-order valence-electron chi connectivity index (χ2n) is 5.88. The van der Waals surface area contributed by atoms with Gasteiger partial charge in [0, 0.05) is 34.2 Å². The van der Waals surface area contributed by atoms with Gasteiger partial charge in [-0.3, -0.25) is 9.69 Å². The first-order chi connectivity index (χ1) is 12.6. The normalized spacial score (nSPS) is 16.2. The molecular formula is C20H15ClN2OS2. The Hall–Kier alpha value is -2.08. The van der Waals surface area contributed by atoms with Crippen LogP contribution in [0.2, 0.25) is 5.02 Å². The van der Waals surface area contributed by atoms with Crippen molar-refractivity contribution in [2.75, 3.05) is 4.90 Å². The van der Waals surface area contributed by atoms with Crippen LogP contribution in [0.1, 0.15) is 12.5 Å². The number of aryl methyl sites for hydroxylation is 1. The summed E-state index contributed by atoms with van der Waals surface area (Å²) in [6.45, 7) is 2.98. The van der Waals surface area contributed by atoms with Crippen LogP contribution >= 0.6 is 35.6 Å². The quantitative estimate of drug-likeness (QED) is 0.416. The Morgan fingerprint density at radius 2 is 2.00 bits per heavy atom. The molecule has 2 aromatic carbocycles. The van der Waals surface area contributed by atoms with E-state index in [9.17, 15) is 4.79 Å². The molecule has 0 atom stereocenters. The molecule has 0 unspecified atom stereocenters. The third-order valence-electron chi connectivity index (χ3n) is 4.31. The van der Waals surface area contributed by atoms with Gasteiger partial charge in [-0.2, -0.15) is 0 Å². The second kappa shape index (κ2) is 6.91. The van der Waals surface area contributed by atoms with E-state index in [2.05, 4.69) is 29.8 Å². The van der Waals surface area contributed by atoms with E-state index in [1.807, 2.05) is 30.3 Å². The number of amides is 1. The Kier molecular flexibility index (Phi) is 4.61. The zero-order valence-corrected chi connectivity index (χ0v) is 16.4. The van der Waals surface area contributed by atoms with Crippen LogP contribution < -0.4 is 4.90 Å². The fraction of sp³-hybridized carbons (Fsp3) is 0.100. The van der Waals surface area contributed by atoms with E-state index in [1.54, 1.807) is 12.1 Å². The lowest BCUT2D eigenvalue weighted by atomic mass is 10.1. The van der Waals surface area contributed by atoms with Crippen LogP contribution in [0.5, 0.6) is 0 Å². The lowest BCUT2D eigenvalue weighted by molar-refractivity contribution is -0.113. The lowest BCUT2D eigenvalue weighted by Gasteiger charge is -2.14. The average Bonchev–Trinajstić information content (AvgIpc) is 3.13. The van der Waals surface area contributed by atoms with Crippen LogP contribution in [-0.2, 0) is 11.3 Å². The lowest BCUT2D eigenvalue weighted by Crippen LogP contribution is -2.27. The molecule has 0 aliphatic carbocycles. The number of rotatable bonds is 3. The van der Waals surface area contributed by atoms with Crippen molar-refractivity contribution in [3.63, 3.8) is 0 Å². The number of halogens is 1. The number of carbonyl (C=O) groups excluding carboxylic acids is 1. The number of para-hydroxylation sites is 1. The molecule has 26 heavy (non-hydrogen) atoms. The largest absolute Gasteiger partial charge is 0.347 e. The molecule has 1 fully saturated rings. The summed E-state index contributed by atoms with van der Waals surface area (Å²) >= 11 is 12.8. The van der Waals surface area contributed by atoms with Gasteiger partial charge in [-0.25, -0.2) is 0 Å². The van der Waals surface area contributed by atoms with E-state index in [4.69, 9.17) is 23.8 Å². The van der Waals surface area contributed by atoms with Gasteiger partial charge in [0.05, 0.1) is 10.6 Å². The van der Waals surface area contributed by atoms with Crippen molar-refractivity contribution in [3.05, 3.63) is 70.2 Å². The fourth-order valence-corrected chi connectivity index (χ4v) is 4.57. The number of carbonyl (C=O) groups is 1. The molecule has 4 rings (SSSR count). The Morgan fingerprint density at radius 3 is 2.77 bits per heavy atom. The summed E-state index contributed by atoms with van der Waals surface area (Å²) in [5.41, 5.74) is 2.88.